The van der Waals surface area contributed by atoms with Gasteiger partial charge in [0.05, 0.1) is 6.67 Å². The molecule has 0 fully saturated rings. The number of hydrogen-bond donors (Lipinski definition) is 2. The summed E-state index contributed by atoms with van der Waals surface area (Å²) in [4.78, 5) is 2.37. The molecule has 31 heavy (non-hydrogen) atoms. The van der Waals surface area contributed by atoms with Crippen LogP contribution < -0.4 is 10.6 Å². The van der Waals surface area contributed by atoms with Gasteiger partial charge in [0.1, 0.15) is 0 Å². The number of hydrogen-bond acceptors (Lipinski definition) is 3. The van der Waals surface area contributed by atoms with Crippen LogP contribution in [0.1, 0.15) is 74.9 Å². The summed E-state index contributed by atoms with van der Waals surface area (Å²) in [6.45, 7) is 16.3. The van der Waals surface area contributed by atoms with Gasteiger partial charge in [0, 0.05) is 24.5 Å². The molecule has 0 amide bonds. The monoisotopic (exact) mass is 423 g/mol. The Morgan fingerprint density at radius 1 is 0.581 bits per heavy atom. The van der Waals surface area contributed by atoms with Crippen LogP contribution in [0.5, 0.6) is 0 Å². The molecule has 0 spiro atoms. The Bertz CT molecular complexity index is 775. The van der Waals surface area contributed by atoms with Crippen LogP contribution in [0.25, 0.3) is 0 Å². The molecule has 172 valence electrons. The molecule has 0 atom stereocenters. The first-order chi connectivity index (χ1) is 15.0. The first kappa shape index (κ1) is 25.3. The molecule has 3 heteroatoms. The zero-order valence-electron chi connectivity index (χ0n) is 21.1. The standard InChI is InChI=1S/C28H45N3/c1-8-21-16-23(10-3)27(24(11-4)17-21)29-14-15-31(7)20-30-28-25(12-5)18-22(9-2)19-26(28)13-6/h16-19,29-30H,8-15,20H2,1-7H3. The van der Waals surface area contributed by atoms with E-state index in [4.69, 9.17) is 0 Å². The molecule has 2 rings (SSSR count). The first-order valence-corrected chi connectivity index (χ1v) is 12.5. The Kier molecular flexibility index (Phi) is 10.4. The molecule has 0 saturated carbocycles. The summed E-state index contributed by atoms with van der Waals surface area (Å²) >= 11 is 0. The Morgan fingerprint density at radius 3 is 1.32 bits per heavy atom. The van der Waals surface area contributed by atoms with Crippen molar-refractivity contribution in [3.8, 4) is 0 Å². The van der Waals surface area contributed by atoms with Gasteiger partial charge in [-0.1, -0.05) is 65.8 Å². The molecule has 2 aromatic carbocycles. The van der Waals surface area contributed by atoms with Crippen LogP contribution in [-0.2, 0) is 38.5 Å². The second-order valence-electron chi connectivity index (χ2n) is 8.54. The Hall–Kier alpha value is -2.00. The molecule has 2 aromatic rings. The molecular weight excluding hydrogens is 378 g/mol. The number of nitrogens with one attached hydrogen (secondary N) is 2. The van der Waals surface area contributed by atoms with Gasteiger partial charge in [0.25, 0.3) is 0 Å². The van der Waals surface area contributed by atoms with Crippen molar-refractivity contribution >= 4 is 11.4 Å². The van der Waals surface area contributed by atoms with Crippen molar-refractivity contribution in [3.05, 3.63) is 57.6 Å². The highest BCUT2D eigenvalue weighted by Crippen LogP contribution is 2.26. The van der Waals surface area contributed by atoms with Gasteiger partial charge >= 0.3 is 0 Å². The van der Waals surface area contributed by atoms with Crippen molar-refractivity contribution in [1.29, 1.82) is 0 Å². The highest BCUT2D eigenvalue weighted by molar-refractivity contribution is 5.60. The van der Waals surface area contributed by atoms with Crippen LogP contribution >= 0.6 is 0 Å². The third-order valence-corrected chi connectivity index (χ3v) is 6.38. The summed E-state index contributed by atoms with van der Waals surface area (Å²) in [5.74, 6) is 0. The number of nitrogens with zero attached hydrogens (tertiary/aromatic N) is 1. The minimum atomic E-state index is 0.864. The quantitative estimate of drug-likeness (QED) is 0.361. The maximum absolute atomic E-state index is 3.75. The molecular formula is C28H45N3. The number of rotatable bonds is 13. The lowest BCUT2D eigenvalue weighted by Gasteiger charge is -2.23. The van der Waals surface area contributed by atoms with E-state index in [2.05, 4.69) is 88.4 Å². The number of likely N-dealkylation sites (N-methyl/N-ethyl adjacent to an activating group) is 1. The predicted molar refractivity (Wildman–Crippen MR) is 139 cm³/mol. The van der Waals surface area contributed by atoms with Crippen molar-refractivity contribution in [1.82, 2.24) is 4.90 Å². The second kappa shape index (κ2) is 12.8. The zero-order chi connectivity index (χ0) is 22.8. The van der Waals surface area contributed by atoms with Crippen LogP contribution in [0, 0.1) is 0 Å². The van der Waals surface area contributed by atoms with Gasteiger partial charge < -0.3 is 10.6 Å². The van der Waals surface area contributed by atoms with Gasteiger partial charge in [-0.2, -0.15) is 0 Å². The molecule has 0 aromatic heterocycles. The average Bonchev–Trinajstić information content (AvgIpc) is 2.81. The van der Waals surface area contributed by atoms with E-state index in [1.54, 1.807) is 0 Å². The van der Waals surface area contributed by atoms with Crippen molar-refractivity contribution in [2.45, 2.75) is 80.1 Å². The van der Waals surface area contributed by atoms with Crippen molar-refractivity contribution in [2.75, 3.05) is 37.4 Å². The van der Waals surface area contributed by atoms with Gasteiger partial charge in [-0.3, -0.25) is 4.90 Å². The highest BCUT2D eigenvalue weighted by Gasteiger charge is 2.11. The summed E-state index contributed by atoms with van der Waals surface area (Å²) in [5, 5.41) is 7.50. The third-order valence-electron chi connectivity index (χ3n) is 6.38. The van der Waals surface area contributed by atoms with E-state index in [0.29, 0.717) is 0 Å². The lowest BCUT2D eigenvalue weighted by Crippen LogP contribution is -2.30. The largest absolute Gasteiger partial charge is 0.383 e. The lowest BCUT2D eigenvalue weighted by atomic mass is 9.98. The van der Waals surface area contributed by atoms with E-state index in [-0.39, 0.29) is 0 Å². The highest BCUT2D eigenvalue weighted by atomic mass is 15.2. The van der Waals surface area contributed by atoms with E-state index < -0.39 is 0 Å². The van der Waals surface area contributed by atoms with Crippen molar-refractivity contribution in [3.63, 3.8) is 0 Å². The lowest BCUT2D eigenvalue weighted by molar-refractivity contribution is 0.372. The zero-order valence-corrected chi connectivity index (χ0v) is 21.1. The van der Waals surface area contributed by atoms with E-state index in [1.165, 1.54) is 44.8 Å². The Balaban J connectivity index is 1.99. The minimum Gasteiger partial charge on any atom is -0.383 e. The molecule has 0 aliphatic heterocycles. The average molecular weight is 424 g/mol. The molecule has 2 N–H and O–H groups in total. The first-order valence-electron chi connectivity index (χ1n) is 12.5. The molecule has 0 saturated heterocycles. The summed E-state index contributed by atoms with van der Waals surface area (Å²) < 4.78 is 0. The fourth-order valence-corrected chi connectivity index (χ4v) is 4.32. The normalized spacial score (nSPS) is 11.2. The summed E-state index contributed by atoms with van der Waals surface area (Å²) in [6.07, 6.45) is 6.50. The third kappa shape index (κ3) is 6.74. The topological polar surface area (TPSA) is 27.3 Å². The van der Waals surface area contributed by atoms with E-state index in [0.717, 1.165) is 58.3 Å². The Morgan fingerprint density at radius 2 is 0.968 bits per heavy atom. The molecule has 0 unspecified atom stereocenters. The minimum absolute atomic E-state index is 0.864. The second-order valence-corrected chi connectivity index (χ2v) is 8.54. The fraction of sp³-hybridized carbons (Fsp3) is 0.571. The molecule has 0 radical (unpaired) electrons. The summed E-state index contributed by atoms with van der Waals surface area (Å²) in [7, 11) is 2.20. The fourth-order valence-electron chi connectivity index (χ4n) is 4.32. The van der Waals surface area contributed by atoms with Crippen LogP contribution in [0.2, 0.25) is 0 Å². The van der Waals surface area contributed by atoms with Gasteiger partial charge in [-0.25, -0.2) is 0 Å². The molecule has 0 bridgehead atoms. The maximum Gasteiger partial charge on any atom is 0.0676 e. The summed E-state index contributed by atoms with van der Waals surface area (Å²) in [6, 6.07) is 9.51. The number of anilines is 2. The van der Waals surface area contributed by atoms with Crippen molar-refractivity contribution in [2.24, 2.45) is 0 Å². The van der Waals surface area contributed by atoms with Gasteiger partial charge in [-0.05, 0) is 79.0 Å². The van der Waals surface area contributed by atoms with Crippen LogP contribution in [0.4, 0.5) is 11.4 Å². The van der Waals surface area contributed by atoms with E-state index in [9.17, 15) is 0 Å². The number of benzene rings is 2. The SMILES string of the molecule is CCc1cc(CC)c(NCCN(C)CNc2c(CC)cc(CC)cc2CC)c(CC)c1. The smallest absolute Gasteiger partial charge is 0.0676 e. The van der Waals surface area contributed by atoms with Gasteiger partial charge in [-0.15, -0.1) is 0 Å². The molecule has 0 heterocycles. The van der Waals surface area contributed by atoms with E-state index >= 15 is 0 Å². The van der Waals surface area contributed by atoms with Crippen LogP contribution in [0.3, 0.4) is 0 Å². The predicted octanol–water partition coefficient (Wildman–Crippen LogP) is 6.47. The van der Waals surface area contributed by atoms with E-state index in [1.807, 2.05) is 0 Å². The van der Waals surface area contributed by atoms with Gasteiger partial charge in [0.15, 0.2) is 0 Å². The van der Waals surface area contributed by atoms with Crippen LogP contribution in [-0.4, -0.2) is 31.7 Å². The summed E-state index contributed by atoms with van der Waals surface area (Å²) in [5.41, 5.74) is 11.4. The van der Waals surface area contributed by atoms with Crippen molar-refractivity contribution < 1.29 is 0 Å². The number of aryl methyl sites for hydroxylation is 6. The van der Waals surface area contributed by atoms with Crippen LogP contribution in [0.15, 0.2) is 24.3 Å². The molecule has 0 aliphatic rings. The molecule has 0 aliphatic carbocycles. The maximum atomic E-state index is 3.75. The van der Waals surface area contributed by atoms with Gasteiger partial charge in [0.2, 0.25) is 0 Å². The Labute approximate surface area is 191 Å². The molecule has 3 nitrogen and oxygen atoms in total.